The van der Waals surface area contributed by atoms with Gasteiger partial charge in [-0.25, -0.2) is 8.42 Å². The molecule has 36 heavy (non-hydrogen) atoms. The van der Waals surface area contributed by atoms with Crippen molar-refractivity contribution in [2.45, 2.75) is 48.4 Å². The lowest BCUT2D eigenvalue weighted by atomic mass is 9.94. The number of halogens is 1. The highest BCUT2D eigenvalue weighted by Crippen LogP contribution is 2.34. The number of hydrogen-bond acceptors (Lipinski definition) is 4. The molecule has 0 saturated carbocycles. The third-order valence-corrected chi connectivity index (χ3v) is 9.39. The van der Waals surface area contributed by atoms with Gasteiger partial charge in [-0.15, -0.1) is 0 Å². The summed E-state index contributed by atoms with van der Waals surface area (Å²) in [6, 6.07) is 20.1. The number of sulfonamides is 1. The Bertz CT molecular complexity index is 1330. The summed E-state index contributed by atoms with van der Waals surface area (Å²) in [6.45, 7) is 7.48. The minimum Gasteiger partial charge on any atom is -0.348 e. The number of amides is 1. The summed E-state index contributed by atoms with van der Waals surface area (Å²) in [5.74, 6) is 0.259. The number of nitrogens with zero attached hydrogens (tertiary/aromatic N) is 1. The Balaban J connectivity index is 1.66. The van der Waals surface area contributed by atoms with Crippen LogP contribution in [-0.2, 0) is 16.6 Å². The first-order valence-electron chi connectivity index (χ1n) is 12.0. The predicted octanol–water partition coefficient (Wildman–Crippen LogP) is 6.40. The van der Waals surface area contributed by atoms with Crippen LogP contribution in [0.15, 0.2) is 81.4 Å². The van der Waals surface area contributed by atoms with E-state index in [2.05, 4.69) is 19.2 Å². The lowest BCUT2D eigenvalue weighted by Crippen LogP contribution is -2.42. The van der Waals surface area contributed by atoms with Gasteiger partial charge in [0.2, 0.25) is 10.0 Å². The van der Waals surface area contributed by atoms with E-state index in [0.717, 1.165) is 22.4 Å². The Labute approximate surface area is 223 Å². The fourth-order valence-electron chi connectivity index (χ4n) is 4.53. The van der Waals surface area contributed by atoms with Crippen LogP contribution in [-0.4, -0.2) is 31.7 Å². The quantitative estimate of drug-likeness (QED) is 0.375. The van der Waals surface area contributed by atoms with E-state index in [0.29, 0.717) is 47.0 Å². The Morgan fingerprint density at radius 2 is 1.72 bits per heavy atom. The van der Waals surface area contributed by atoms with Gasteiger partial charge < -0.3 is 5.32 Å². The first-order chi connectivity index (χ1) is 17.1. The second-order valence-corrected chi connectivity index (χ2v) is 13.1. The molecule has 0 aromatic heterocycles. The van der Waals surface area contributed by atoms with Gasteiger partial charge >= 0.3 is 0 Å². The van der Waals surface area contributed by atoms with Crippen molar-refractivity contribution in [2.24, 2.45) is 11.8 Å². The standard InChI is InChI=1S/C28H31ClN2O3S2/c1-19-7-9-22(10-8-19)16-30-28(32)26-15-25(36(33,34)31-17-20(2)13-21(3)18-31)11-12-27(26)35-24-6-4-5-23(29)14-24/h4-12,14-15,20-21H,13,16-18H2,1-3H3,(H,30,32)/t20-,21-/m0/s1. The number of nitrogens with one attached hydrogen (secondary N) is 1. The van der Waals surface area contributed by atoms with Gasteiger partial charge in [-0.1, -0.05) is 73.1 Å². The number of carbonyl (C=O) groups is 1. The van der Waals surface area contributed by atoms with Gasteiger partial charge in [0.25, 0.3) is 5.91 Å². The third kappa shape index (κ3) is 6.51. The summed E-state index contributed by atoms with van der Waals surface area (Å²) in [4.78, 5) is 15.0. The molecule has 1 heterocycles. The zero-order valence-corrected chi connectivity index (χ0v) is 23.1. The van der Waals surface area contributed by atoms with Crippen molar-refractivity contribution in [3.8, 4) is 0 Å². The van der Waals surface area contributed by atoms with Crippen LogP contribution < -0.4 is 5.32 Å². The highest BCUT2D eigenvalue weighted by molar-refractivity contribution is 7.99. The van der Waals surface area contributed by atoms with Crippen molar-refractivity contribution in [3.05, 3.63) is 88.4 Å². The van der Waals surface area contributed by atoms with Gasteiger partial charge in [-0.3, -0.25) is 4.79 Å². The molecule has 1 N–H and O–H groups in total. The van der Waals surface area contributed by atoms with E-state index in [1.165, 1.54) is 17.8 Å². The topological polar surface area (TPSA) is 66.5 Å². The Morgan fingerprint density at radius 3 is 2.39 bits per heavy atom. The molecule has 3 aromatic rings. The fraction of sp³-hybridized carbons (Fsp3) is 0.321. The molecule has 0 radical (unpaired) electrons. The van der Waals surface area contributed by atoms with Crippen LogP contribution in [0, 0.1) is 18.8 Å². The molecule has 0 spiro atoms. The van der Waals surface area contributed by atoms with Crippen LogP contribution in [0.5, 0.6) is 0 Å². The maximum atomic E-state index is 13.5. The summed E-state index contributed by atoms with van der Waals surface area (Å²) in [5, 5.41) is 3.55. The van der Waals surface area contributed by atoms with E-state index in [4.69, 9.17) is 11.6 Å². The molecular formula is C28H31ClN2O3S2. The van der Waals surface area contributed by atoms with Crippen LogP contribution >= 0.6 is 23.4 Å². The smallest absolute Gasteiger partial charge is 0.252 e. The van der Waals surface area contributed by atoms with Crippen molar-refractivity contribution in [3.63, 3.8) is 0 Å². The van der Waals surface area contributed by atoms with Gasteiger partial charge in [0.15, 0.2) is 0 Å². The van der Waals surface area contributed by atoms with Crippen molar-refractivity contribution in [2.75, 3.05) is 13.1 Å². The van der Waals surface area contributed by atoms with Crippen molar-refractivity contribution >= 4 is 39.3 Å². The van der Waals surface area contributed by atoms with Gasteiger partial charge in [-0.05, 0) is 67.1 Å². The minimum absolute atomic E-state index is 0.139. The second kappa shape index (κ2) is 11.4. The van der Waals surface area contributed by atoms with Crippen molar-refractivity contribution < 1.29 is 13.2 Å². The van der Waals surface area contributed by atoms with E-state index in [-0.39, 0.29) is 10.8 Å². The normalized spacial score (nSPS) is 18.7. The Hall–Kier alpha value is -2.32. The summed E-state index contributed by atoms with van der Waals surface area (Å²) in [5.41, 5.74) is 2.44. The maximum Gasteiger partial charge on any atom is 0.252 e. The molecule has 1 saturated heterocycles. The highest BCUT2D eigenvalue weighted by Gasteiger charge is 2.32. The molecule has 4 rings (SSSR count). The number of benzene rings is 3. The molecule has 3 aromatic carbocycles. The molecule has 1 aliphatic heterocycles. The molecule has 1 fully saturated rings. The molecule has 5 nitrogen and oxygen atoms in total. The second-order valence-electron chi connectivity index (χ2n) is 9.65. The number of piperidine rings is 1. The number of aryl methyl sites for hydroxylation is 1. The predicted molar refractivity (Wildman–Crippen MR) is 146 cm³/mol. The molecule has 1 amide bonds. The average Bonchev–Trinajstić information content (AvgIpc) is 2.83. The van der Waals surface area contributed by atoms with Crippen LogP contribution in [0.2, 0.25) is 5.02 Å². The first-order valence-corrected chi connectivity index (χ1v) is 14.7. The average molecular weight is 543 g/mol. The van der Waals surface area contributed by atoms with Crippen LogP contribution in [0.4, 0.5) is 0 Å². The van der Waals surface area contributed by atoms with Gasteiger partial charge in [-0.2, -0.15) is 4.31 Å². The van der Waals surface area contributed by atoms with Crippen LogP contribution in [0.3, 0.4) is 0 Å². The molecule has 8 heteroatoms. The molecule has 0 aliphatic carbocycles. The summed E-state index contributed by atoms with van der Waals surface area (Å²) in [6.07, 6.45) is 1.01. The van der Waals surface area contributed by atoms with E-state index in [1.54, 1.807) is 22.5 Å². The van der Waals surface area contributed by atoms with Crippen LogP contribution in [0.25, 0.3) is 0 Å². The molecular weight excluding hydrogens is 512 g/mol. The lowest BCUT2D eigenvalue weighted by molar-refractivity contribution is 0.0947. The molecule has 0 unspecified atom stereocenters. The highest BCUT2D eigenvalue weighted by atomic mass is 35.5. The largest absolute Gasteiger partial charge is 0.348 e. The van der Waals surface area contributed by atoms with E-state index in [9.17, 15) is 13.2 Å². The van der Waals surface area contributed by atoms with Gasteiger partial charge in [0, 0.05) is 34.4 Å². The lowest BCUT2D eigenvalue weighted by Gasteiger charge is -2.34. The molecule has 1 aliphatic rings. The summed E-state index contributed by atoms with van der Waals surface area (Å²) in [7, 11) is -3.73. The first kappa shape index (κ1) is 26.7. The Morgan fingerprint density at radius 1 is 1.03 bits per heavy atom. The number of carbonyl (C=O) groups excluding carboxylic acids is 1. The minimum atomic E-state index is -3.73. The van der Waals surface area contributed by atoms with E-state index >= 15 is 0 Å². The molecule has 2 atom stereocenters. The number of rotatable bonds is 7. The Kier molecular flexibility index (Phi) is 8.45. The molecule has 190 valence electrons. The van der Waals surface area contributed by atoms with Crippen LogP contribution in [0.1, 0.15) is 41.8 Å². The third-order valence-electron chi connectivity index (χ3n) is 6.27. The van der Waals surface area contributed by atoms with E-state index < -0.39 is 10.0 Å². The maximum absolute atomic E-state index is 13.5. The zero-order valence-electron chi connectivity index (χ0n) is 20.7. The molecule has 0 bridgehead atoms. The van der Waals surface area contributed by atoms with Gasteiger partial charge in [0.1, 0.15) is 0 Å². The summed E-state index contributed by atoms with van der Waals surface area (Å²) < 4.78 is 28.7. The summed E-state index contributed by atoms with van der Waals surface area (Å²) >= 11 is 7.54. The monoisotopic (exact) mass is 542 g/mol. The van der Waals surface area contributed by atoms with E-state index in [1.807, 2.05) is 49.4 Å². The fourth-order valence-corrected chi connectivity index (χ4v) is 7.47. The van der Waals surface area contributed by atoms with Crippen molar-refractivity contribution in [1.82, 2.24) is 9.62 Å². The van der Waals surface area contributed by atoms with Crippen molar-refractivity contribution in [1.29, 1.82) is 0 Å². The zero-order chi connectivity index (χ0) is 25.9. The SMILES string of the molecule is Cc1ccc(CNC(=O)c2cc(S(=O)(=O)N3C[C@@H](C)C[C@H](C)C3)ccc2Sc2cccc(Cl)c2)cc1. The van der Waals surface area contributed by atoms with Gasteiger partial charge in [0.05, 0.1) is 10.5 Å². The number of hydrogen-bond donors (Lipinski definition) is 1.